The topological polar surface area (TPSA) is 69.4 Å². The average molecular weight is 629 g/mol. The van der Waals surface area contributed by atoms with Crippen LogP contribution in [0.25, 0.3) is 84.4 Å². The van der Waals surface area contributed by atoms with Crippen LogP contribution in [0.3, 0.4) is 0 Å². The summed E-state index contributed by atoms with van der Waals surface area (Å²) in [5, 5.41) is 2.15. The molecule has 49 heavy (non-hydrogen) atoms. The second kappa shape index (κ2) is 12.1. The highest BCUT2D eigenvalue weighted by atomic mass is 15.2. The van der Waals surface area contributed by atoms with Gasteiger partial charge in [0.15, 0.2) is 17.5 Å². The van der Waals surface area contributed by atoms with Crippen molar-refractivity contribution in [3.05, 3.63) is 170 Å². The highest BCUT2D eigenvalue weighted by Crippen LogP contribution is 2.35. The van der Waals surface area contributed by atoms with Crippen molar-refractivity contribution in [3.8, 4) is 62.6 Å². The Bertz CT molecular complexity index is 2470. The van der Waals surface area contributed by atoms with Crippen molar-refractivity contribution in [3.63, 3.8) is 0 Å². The van der Waals surface area contributed by atoms with Gasteiger partial charge in [-0.15, -0.1) is 0 Å². The summed E-state index contributed by atoms with van der Waals surface area (Å²) >= 11 is 0. The van der Waals surface area contributed by atoms with E-state index in [0.717, 1.165) is 61.0 Å². The molecule has 6 nitrogen and oxygen atoms in total. The third-order valence-electron chi connectivity index (χ3n) is 8.68. The van der Waals surface area contributed by atoms with E-state index in [1.165, 1.54) is 0 Å². The molecule has 6 aromatic carbocycles. The molecule has 0 aliphatic heterocycles. The van der Waals surface area contributed by atoms with Crippen LogP contribution in [0.4, 0.5) is 0 Å². The van der Waals surface area contributed by atoms with Crippen LogP contribution < -0.4 is 0 Å². The Kier molecular flexibility index (Phi) is 7.02. The Balaban J connectivity index is 1.26. The van der Waals surface area contributed by atoms with Crippen LogP contribution in [-0.2, 0) is 0 Å². The lowest BCUT2D eigenvalue weighted by Gasteiger charge is -2.12. The van der Waals surface area contributed by atoms with Crippen molar-refractivity contribution < 1.29 is 0 Å². The van der Waals surface area contributed by atoms with Gasteiger partial charge in [0.1, 0.15) is 0 Å². The van der Waals surface area contributed by atoms with E-state index in [0.29, 0.717) is 23.4 Å². The summed E-state index contributed by atoms with van der Waals surface area (Å²) in [6, 6.07) is 57.5. The average Bonchev–Trinajstić information content (AvgIpc) is 3.53. The van der Waals surface area contributed by atoms with Crippen molar-refractivity contribution in [2.45, 2.75) is 0 Å². The maximum absolute atomic E-state index is 5.16. The monoisotopic (exact) mass is 628 g/mol. The van der Waals surface area contributed by atoms with Gasteiger partial charge >= 0.3 is 0 Å². The maximum atomic E-state index is 5.16. The van der Waals surface area contributed by atoms with Crippen molar-refractivity contribution in [1.82, 2.24) is 29.5 Å². The number of aromatic nitrogens is 6. The van der Waals surface area contributed by atoms with Crippen LogP contribution in [0.2, 0.25) is 0 Å². The van der Waals surface area contributed by atoms with Gasteiger partial charge in [-0.05, 0) is 30.3 Å². The second-order valence-electron chi connectivity index (χ2n) is 11.8. The minimum Gasteiger partial charge on any atom is -0.278 e. The normalized spacial score (nSPS) is 11.3. The van der Waals surface area contributed by atoms with Crippen LogP contribution in [0.15, 0.2) is 170 Å². The van der Waals surface area contributed by atoms with Gasteiger partial charge in [-0.1, -0.05) is 140 Å². The zero-order valence-corrected chi connectivity index (χ0v) is 26.3. The standard InChI is InChI=1S/C43H28N6/c1-5-15-29(16-6-1)36-28-37(30-17-7-2-8-18-30)45-43(44-36)49-38-24-14-13-23-34(38)35-27-33(25-26-39(35)49)42-47-40(31-19-9-3-10-20-31)46-41(48-42)32-21-11-4-12-22-32/h1-28H. The van der Waals surface area contributed by atoms with Crippen molar-refractivity contribution >= 4 is 21.8 Å². The third kappa shape index (κ3) is 5.31. The van der Waals surface area contributed by atoms with Gasteiger partial charge in [0.05, 0.1) is 22.4 Å². The van der Waals surface area contributed by atoms with Gasteiger partial charge in [0.2, 0.25) is 5.95 Å². The van der Waals surface area contributed by atoms with E-state index in [2.05, 4.69) is 77.4 Å². The van der Waals surface area contributed by atoms with Crippen LogP contribution in [0.1, 0.15) is 0 Å². The molecule has 0 unspecified atom stereocenters. The number of fused-ring (bicyclic) bond motifs is 3. The molecule has 9 aromatic rings. The minimum absolute atomic E-state index is 0.608. The van der Waals surface area contributed by atoms with Gasteiger partial charge in [0.25, 0.3) is 0 Å². The minimum atomic E-state index is 0.608. The van der Waals surface area contributed by atoms with Gasteiger partial charge in [-0.25, -0.2) is 24.9 Å². The highest BCUT2D eigenvalue weighted by molar-refractivity contribution is 6.10. The zero-order chi connectivity index (χ0) is 32.6. The van der Waals surface area contributed by atoms with E-state index in [4.69, 9.17) is 24.9 Å². The molecule has 0 amide bonds. The molecule has 0 atom stereocenters. The Labute approximate surface area is 283 Å². The van der Waals surface area contributed by atoms with E-state index in [1.807, 2.05) is 97.1 Å². The molecule has 0 radical (unpaired) electrons. The van der Waals surface area contributed by atoms with E-state index in [9.17, 15) is 0 Å². The summed E-state index contributed by atoms with van der Waals surface area (Å²) in [6.45, 7) is 0. The van der Waals surface area contributed by atoms with E-state index >= 15 is 0 Å². The highest BCUT2D eigenvalue weighted by Gasteiger charge is 2.19. The van der Waals surface area contributed by atoms with Crippen LogP contribution in [-0.4, -0.2) is 29.5 Å². The van der Waals surface area contributed by atoms with Crippen molar-refractivity contribution in [2.75, 3.05) is 0 Å². The number of hydrogen-bond acceptors (Lipinski definition) is 5. The first kappa shape index (κ1) is 28.4. The Hall–Kier alpha value is -6.79. The first-order valence-corrected chi connectivity index (χ1v) is 16.2. The largest absolute Gasteiger partial charge is 0.278 e. The molecule has 0 saturated carbocycles. The lowest BCUT2D eigenvalue weighted by Crippen LogP contribution is -2.04. The number of benzene rings is 6. The summed E-state index contributed by atoms with van der Waals surface area (Å²) in [6.07, 6.45) is 0. The zero-order valence-electron chi connectivity index (χ0n) is 26.3. The maximum Gasteiger partial charge on any atom is 0.235 e. The summed E-state index contributed by atoms with van der Waals surface area (Å²) in [4.78, 5) is 25.2. The third-order valence-corrected chi connectivity index (χ3v) is 8.68. The number of rotatable bonds is 6. The predicted octanol–water partition coefficient (Wildman–Crippen LogP) is 10.1. The molecule has 0 spiro atoms. The van der Waals surface area contributed by atoms with Gasteiger partial charge < -0.3 is 0 Å². The molecule has 0 saturated heterocycles. The molecule has 230 valence electrons. The molecule has 0 fully saturated rings. The quantitative estimate of drug-likeness (QED) is 0.183. The summed E-state index contributed by atoms with van der Waals surface area (Å²) < 4.78 is 2.16. The fourth-order valence-electron chi connectivity index (χ4n) is 6.31. The van der Waals surface area contributed by atoms with E-state index in [1.54, 1.807) is 0 Å². The van der Waals surface area contributed by atoms with Crippen LogP contribution in [0.5, 0.6) is 0 Å². The van der Waals surface area contributed by atoms with E-state index < -0.39 is 0 Å². The van der Waals surface area contributed by atoms with Crippen LogP contribution in [0, 0.1) is 0 Å². The summed E-state index contributed by atoms with van der Waals surface area (Å²) in [5.41, 5.74) is 8.57. The first-order valence-electron chi connectivity index (χ1n) is 16.2. The summed E-state index contributed by atoms with van der Waals surface area (Å²) in [5.74, 6) is 2.48. The Morgan fingerprint density at radius 3 is 1.27 bits per heavy atom. The smallest absolute Gasteiger partial charge is 0.235 e. The van der Waals surface area contributed by atoms with Crippen molar-refractivity contribution in [1.29, 1.82) is 0 Å². The molecular weight excluding hydrogens is 601 g/mol. The number of para-hydroxylation sites is 1. The molecule has 0 bridgehead atoms. The Morgan fingerprint density at radius 2 is 0.735 bits per heavy atom. The van der Waals surface area contributed by atoms with Gasteiger partial charge in [-0.2, -0.15) is 0 Å². The summed E-state index contributed by atoms with van der Waals surface area (Å²) in [7, 11) is 0. The van der Waals surface area contributed by atoms with Gasteiger partial charge in [-0.3, -0.25) is 4.57 Å². The molecule has 0 N–H and O–H groups in total. The molecule has 0 aliphatic carbocycles. The van der Waals surface area contributed by atoms with Crippen molar-refractivity contribution in [2.24, 2.45) is 0 Å². The molecule has 9 rings (SSSR count). The predicted molar refractivity (Wildman–Crippen MR) is 197 cm³/mol. The lowest BCUT2D eigenvalue weighted by molar-refractivity contribution is 0.995. The number of nitrogens with zero attached hydrogens (tertiary/aromatic N) is 6. The molecule has 3 heterocycles. The number of hydrogen-bond donors (Lipinski definition) is 0. The Morgan fingerprint density at radius 1 is 0.306 bits per heavy atom. The molecule has 6 heteroatoms. The molecular formula is C43H28N6. The molecule has 3 aromatic heterocycles. The lowest BCUT2D eigenvalue weighted by atomic mass is 10.1. The molecule has 0 aliphatic rings. The van der Waals surface area contributed by atoms with E-state index in [-0.39, 0.29) is 0 Å². The van der Waals surface area contributed by atoms with Crippen LogP contribution >= 0.6 is 0 Å². The SMILES string of the molecule is c1ccc(-c2cc(-c3ccccc3)nc(-n3c4ccccc4c4cc(-c5nc(-c6ccccc6)nc(-c6ccccc6)n5)ccc43)n2)cc1. The first-order chi connectivity index (χ1) is 24.3. The fourth-order valence-corrected chi connectivity index (χ4v) is 6.31. The van der Waals surface area contributed by atoms with Gasteiger partial charge in [0, 0.05) is 38.6 Å². The fraction of sp³-hybridized carbons (Fsp3) is 0. The second-order valence-corrected chi connectivity index (χ2v) is 11.8.